The fraction of sp³-hybridized carbons (Fsp3) is 0.750. The Balaban J connectivity index is 1.84. The van der Waals surface area contributed by atoms with Crippen molar-refractivity contribution in [3.8, 4) is 0 Å². The first kappa shape index (κ1) is 10.7. The number of hydrogen-bond acceptors (Lipinski definition) is 2. The molecule has 0 aromatic carbocycles. The van der Waals surface area contributed by atoms with Crippen LogP contribution < -0.4 is 5.32 Å². The first-order valence-corrected chi connectivity index (χ1v) is 6.05. The van der Waals surface area contributed by atoms with Gasteiger partial charge in [-0.15, -0.1) is 0 Å². The maximum atomic E-state index is 4.32. The Morgan fingerprint density at radius 1 is 1.60 bits per heavy atom. The van der Waals surface area contributed by atoms with Crippen LogP contribution in [0, 0.1) is 5.92 Å². The fourth-order valence-corrected chi connectivity index (χ4v) is 2.12. The molecule has 1 aliphatic carbocycles. The van der Waals surface area contributed by atoms with Crippen LogP contribution in [0.4, 0.5) is 0 Å². The summed E-state index contributed by atoms with van der Waals surface area (Å²) in [6.45, 7) is 4.48. The largest absolute Gasteiger partial charge is 0.347 e. The Morgan fingerprint density at radius 2 is 2.40 bits per heavy atom. The number of rotatable bonds is 6. The lowest BCUT2D eigenvalue weighted by molar-refractivity contribution is 0.403. The predicted octanol–water partition coefficient (Wildman–Crippen LogP) is 2.64. The molecule has 0 bridgehead atoms. The van der Waals surface area contributed by atoms with Crippen molar-refractivity contribution in [3.63, 3.8) is 0 Å². The van der Waals surface area contributed by atoms with E-state index >= 15 is 0 Å². The van der Waals surface area contributed by atoms with Gasteiger partial charge in [0.1, 0.15) is 5.82 Å². The lowest BCUT2D eigenvalue weighted by atomic mass is 10.1. The smallest absolute Gasteiger partial charge is 0.123 e. The third-order valence-corrected chi connectivity index (χ3v) is 3.13. The van der Waals surface area contributed by atoms with Crippen LogP contribution in [0.2, 0.25) is 0 Å². The van der Waals surface area contributed by atoms with Gasteiger partial charge in [-0.05, 0) is 25.7 Å². The number of nitrogens with zero attached hydrogens (tertiary/aromatic N) is 1. The zero-order valence-corrected chi connectivity index (χ0v) is 9.66. The normalized spacial score (nSPS) is 20.1. The zero-order chi connectivity index (χ0) is 10.7. The molecule has 2 N–H and O–H groups in total. The first-order chi connectivity index (χ1) is 7.29. The number of imidazole rings is 1. The molecule has 2 atom stereocenters. The van der Waals surface area contributed by atoms with Gasteiger partial charge in [-0.2, -0.15) is 0 Å². The van der Waals surface area contributed by atoms with Crippen molar-refractivity contribution < 1.29 is 0 Å². The topological polar surface area (TPSA) is 40.7 Å². The molecular formula is C12H21N3. The molecule has 1 aromatic heterocycles. The molecule has 1 fully saturated rings. The highest BCUT2D eigenvalue weighted by atomic mass is 15.0. The van der Waals surface area contributed by atoms with Crippen molar-refractivity contribution in [2.45, 2.75) is 51.6 Å². The van der Waals surface area contributed by atoms with Gasteiger partial charge in [0.25, 0.3) is 0 Å². The summed E-state index contributed by atoms with van der Waals surface area (Å²) in [6.07, 6.45) is 8.99. The van der Waals surface area contributed by atoms with Crippen LogP contribution in [-0.2, 0) is 0 Å². The lowest BCUT2D eigenvalue weighted by Crippen LogP contribution is -2.31. The summed E-state index contributed by atoms with van der Waals surface area (Å²) in [5.41, 5.74) is 0. The lowest BCUT2D eigenvalue weighted by Gasteiger charge is -2.20. The zero-order valence-electron chi connectivity index (χ0n) is 9.66. The van der Waals surface area contributed by atoms with E-state index in [-0.39, 0.29) is 0 Å². The molecule has 3 nitrogen and oxygen atoms in total. The van der Waals surface area contributed by atoms with E-state index in [1.165, 1.54) is 19.3 Å². The van der Waals surface area contributed by atoms with Crippen LogP contribution in [0.3, 0.4) is 0 Å². The van der Waals surface area contributed by atoms with Gasteiger partial charge in [-0.1, -0.05) is 19.8 Å². The van der Waals surface area contributed by atoms with E-state index in [0.29, 0.717) is 12.1 Å². The summed E-state index contributed by atoms with van der Waals surface area (Å²) < 4.78 is 0. The molecule has 1 heterocycles. The Kier molecular flexibility index (Phi) is 3.41. The molecule has 3 heteroatoms. The second-order valence-corrected chi connectivity index (χ2v) is 4.68. The van der Waals surface area contributed by atoms with Crippen LogP contribution in [-0.4, -0.2) is 16.0 Å². The summed E-state index contributed by atoms with van der Waals surface area (Å²) in [5, 5.41) is 3.65. The molecule has 0 saturated heterocycles. The Hall–Kier alpha value is -0.830. The maximum absolute atomic E-state index is 4.32. The maximum Gasteiger partial charge on any atom is 0.123 e. The molecule has 0 amide bonds. The number of aromatic amines is 1. The molecule has 1 saturated carbocycles. The van der Waals surface area contributed by atoms with Crippen molar-refractivity contribution in [2.75, 3.05) is 0 Å². The molecule has 2 rings (SSSR count). The van der Waals surface area contributed by atoms with Crippen LogP contribution in [0.5, 0.6) is 0 Å². The van der Waals surface area contributed by atoms with E-state index in [4.69, 9.17) is 0 Å². The van der Waals surface area contributed by atoms with E-state index < -0.39 is 0 Å². The molecule has 84 valence electrons. The van der Waals surface area contributed by atoms with Gasteiger partial charge in [-0.3, -0.25) is 0 Å². The average molecular weight is 207 g/mol. The van der Waals surface area contributed by atoms with Gasteiger partial charge in [0.15, 0.2) is 0 Å². The van der Waals surface area contributed by atoms with Crippen LogP contribution >= 0.6 is 0 Å². The van der Waals surface area contributed by atoms with E-state index in [9.17, 15) is 0 Å². The highest BCUT2D eigenvalue weighted by Gasteiger charge is 2.24. The number of nitrogens with one attached hydrogen (secondary N) is 2. The molecule has 1 aromatic rings. The second kappa shape index (κ2) is 4.79. The van der Waals surface area contributed by atoms with Gasteiger partial charge in [0.05, 0.1) is 6.04 Å². The summed E-state index contributed by atoms with van der Waals surface area (Å²) in [5.74, 6) is 2.06. The van der Waals surface area contributed by atoms with Gasteiger partial charge in [0.2, 0.25) is 0 Å². The van der Waals surface area contributed by atoms with Crippen molar-refractivity contribution in [3.05, 3.63) is 18.2 Å². The SMILES string of the molecule is CCC(NC(C)CC1CC1)c1ncc[nH]1. The summed E-state index contributed by atoms with van der Waals surface area (Å²) in [4.78, 5) is 7.51. The van der Waals surface area contributed by atoms with Gasteiger partial charge in [0, 0.05) is 18.4 Å². The molecular weight excluding hydrogens is 186 g/mol. The first-order valence-electron chi connectivity index (χ1n) is 6.05. The summed E-state index contributed by atoms with van der Waals surface area (Å²) in [7, 11) is 0. The molecule has 15 heavy (non-hydrogen) atoms. The Morgan fingerprint density at radius 3 is 2.93 bits per heavy atom. The minimum atomic E-state index is 0.383. The standard InChI is InChI=1S/C12H21N3/c1-3-11(12-13-6-7-14-12)15-9(2)8-10-4-5-10/h6-7,9-11,15H,3-5,8H2,1-2H3,(H,13,14). The quantitative estimate of drug-likeness (QED) is 0.753. The van der Waals surface area contributed by atoms with Gasteiger partial charge < -0.3 is 10.3 Å². The van der Waals surface area contributed by atoms with E-state index in [2.05, 4.69) is 29.1 Å². The van der Waals surface area contributed by atoms with Crippen molar-refractivity contribution in [2.24, 2.45) is 5.92 Å². The third-order valence-electron chi connectivity index (χ3n) is 3.13. The van der Waals surface area contributed by atoms with E-state index in [0.717, 1.165) is 18.2 Å². The Bertz CT molecular complexity index is 277. The predicted molar refractivity (Wildman–Crippen MR) is 61.6 cm³/mol. The van der Waals surface area contributed by atoms with Crippen LogP contribution in [0.25, 0.3) is 0 Å². The second-order valence-electron chi connectivity index (χ2n) is 4.68. The van der Waals surface area contributed by atoms with E-state index in [1.807, 2.05) is 12.4 Å². The van der Waals surface area contributed by atoms with Gasteiger partial charge >= 0.3 is 0 Å². The third kappa shape index (κ3) is 3.06. The molecule has 1 aliphatic rings. The van der Waals surface area contributed by atoms with Crippen LogP contribution in [0.15, 0.2) is 12.4 Å². The van der Waals surface area contributed by atoms with Crippen LogP contribution in [0.1, 0.15) is 51.4 Å². The average Bonchev–Trinajstić information content (AvgIpc) is 2.86. The monoisotopic (exact) mass is 207 g/mol. The Labute approximate surface area is 91.7 Å². The summed E-state index contributed by atoms with van der Waals surface area (Å²) >= 11 is 0. The number of hydrogen-bond donors (Lipinski definition) is 2. The van der Waals surface area contributed by atoms with E-state index in [1.54, 1.807) is 0 Å². The minimum Gasteiger partial charge on any atom is -0.347 e. The highest BCUT2D eigenvalue weighted by Crippen LogP contribution is 2.33. The molecule has 0 radical (unpaired) electrons. The summed E-state index contributed by atoms with van der Waals surface area (Å²) in [6, 6.07) is 0.987. The van der Waals surface area contributed by atoms with Crippen molar-refractivity contribution in [1.82, 2.24) is 15.3 Å². The molecule has 0 aliphatic heterocycles. The van der Waals surface area contributed by atoms with Crippen molar-refractivity contribution >= 4 is 0 Å². The number of aromatic nitrogens is 2. The highest BCUT2D eigenvalue weighted by molar-refractivity contribution is 4.96. The molecule has 2 unspecified atom stereocenters. The van der Waals surface area contributed by atoms with Gasteiger partial charge in [-0.25, -0.2) is 4.98 Å². The number of H-pyrrole nitrogens is 1. The van der Waals surface area contributed by atoms with Crippen molar-refractivity contribution in [1.29, 1.82) is 0 Å². The molecule has 0 spiro atoms. The minimum absolute atomic E-state index is 0.383. The fourth-order valence-electron chi connectivity index (χ4n) is 2.12.